The molecule has 272 valence electrons. The monoisotopic (exact) mass is 716 g/mol. The molecule has 0 saturated carbocycles. The summed E-state index contributed by atoms with van der Waals surface area (Å²) in [4.78, 5) is 36.8. The van der Waals surface area contributed by atoms with Gasteiger partial charge in [0.15, 0.2) is 6.10 Å². The number of hydrogen-bond acceptors (Lipinski definition) is 6. The Morgan fingerprint density at radius 2 is 0.696 bits per heavy atom. The fraction of sp³-hybridized carbons (Fsp3) is 0.923. The third-order valence-corrected chi connectivity index (χ3v) is 9.20. The van der Waals surface area contributed by atoms with Gasteiger partial charge in [-0.1, -0.05) is 184 Å². The molecule has 0 aromatic rings. The van der Waals surface area contributed by atoms with Crippen molar-refractivity contribution in [3.8, 4) is 0 Å². The molecule has 46 heavy (non-hydrogen) atoms. The van der Waals surface area contributed by atoms with Crippen molar-refractivity contribution in [3.63, 3.8) is 0 Å². The SMILES string of the molecule is CCCCCCCCCCCCCCCC(=O)OCC(COC(=O)CCCCCCCCCCCCCCC)OC(=O)CCCBr. The lowest BCUT2D eigenvalue weighted by Gasteiger charge is -2.18. The fourth-order valence-corrected chi connectivity index (χ4v) is 5.94. The van der Waals surface area contributed by atoms with Crippen molar-refractivity contribution in [2.75, 3.05) is 18.5 Å². The van der Waals surface area contributed by atoms with E-state index in [1.165, 1.54) is 128 Å². The number of alkyl halides is 1. The fourth-order valence-electron chi connectivity index (χ4n) is 5.66. The van der Waals surface area contributed by atoms with Crippen LogP contribution >= 0.6 is 15.9 Å². The molecule has 0 aliphatic carbocycles. The molecular formula is C39H73BrO6. The van der Waals surface area contributed by atoms with Crippen molar-refractivity contribution in [2.24, 2.45) is 0 Å². The van der Waals surface area contributed by atoms with E-state index in [2.05, 4.69) is 29.8 Å². The lowest BCUT2D eigenvalue weighted by molar-refractivity contribution is -0.166. The number of ether oxygens (including phenoxy) is 3. The molecule has 0 N–H and O–H groups in total. The van der Waals surface area contributed by atoms with Gasteiger partial charge in [0.05, 0.1) is 0 Å². The first-order valence-corrected chi connectivity index (χ1v) is 20.7. The highest BCUT2D eigenvalue weighted by Gasteiger charge is 2.19. The summed E-state index contributed by atoms with van der Waals surface area (Å²) in [6, 6.07) is 0. The summed E-state index contributed by atoms with van der Waals surface area (Å²) in [6.07, 6.45) is 33.5. The Balaban J connectivity index is 3.99. The van der Waals surface area contributed by atoms with E-state index >= 15 is 0 Å². The van der Waals surface area contributed by atoms with Crippen LogP contribution in [0.2, 0.25) is 0 Å². The lowest BCUT2D eigenvalue weighted by Crippen LogP contribution is -2.30. The number of hydrogen-bond donors (Lipinski definition) is 0. The molecule has 0 aromatic heterocycles. The second-order valence-electron chi connectivity index (χ2n) is 13.3. The van der Waals surface area contributed by atoms with Crippen LogP contribution in [0.15, 0.2) is 0 Å². The molecule has 0 fully saturated rings. The average molecular weight is 718 g/mol. The Kier molecular flexibility index (Phi) is 35.8. The van der Waals surface area contributed by atoms with Crippen LogP contribution in [0.3, 0.4) is 0 Å². The molecule has 0 saturated heterocycles. The maximum atomic E-state index is 12.3. The Bertz CT molecular complexity index is 639. The van der Waals surface area contributed by atoms with Crippen molar-refractivity contribution in [2.45, 2.75) is 213 Å². The Morgan fingerprint density at radius 1 is 0.413 bits per heavy atom. The van der Waals surface area contributed by atoms with E-state index in [0.29, 0.717) is 24.6 Å². The molecule has 0 aliphatic rings. The van der Waals surface area contributed by atoms with Gasteiger partial charge in [0, 0.05) is 24.6 Å². The van der Waals surface area contributed by atoms with Crippen LogP contribution in [0.25, 0.3) is 0 Å². The molecule has 7 heteroatoms. The van der Waals surface area contributed by atoms with Crippen LogP contribution in [0.4, 0.5) is 0 Å². The second kappa shape index (κ2) is 36.7. The summed E-state index contributed by atoms with van der Waals surface area (Å²) < 4.78 is 16.3. The zero-order valence-corrected chi connectivity index (χ0v) is 31.8. The van der Waals surface area contributed by atoms with E-state index in [0.717, 1.165) is 38.5 Å². The Morgan fingerprint density at radius 3 is 1.00 bits per heavy atom. The van der Waals surface area contributed by atoms with Gasteiger partial charge in [0.1, 0.15) is 13.2 Å². The number of carbonyl (C=O) groups excluding carboxylic acids is 3. The van der Waals surface area contributed by atoms with Gasteiger partial charge in [-0.05, 0) is 19.3 Å². The van der Waals surface area contributed by atoms with E-state index in [4.69, 9.17) is 14.2 Å². The third-order valence-electron chi connectivity index (χ3n) is 8.64. The summed E-state index contributed by atoms with van der Waals surface area (Å²) in [7, 11) is 0. The highest BCUT2D eigenvalue weighted by Crippen LogP contribution is 2.15. The first-order valence-electron chi connectivity index (χ1n) is 19.6. The topological polar surface area (TPSA) is 78.9 Å². The van der Waals surface area contributed by atoms with Crippen molar-refractivity contribution < 1.29 is 28.6 Å². The van der Waals surface area contributed by atoms with Crippen molar-refractivity contribution in [1.82, 2.24) is 0 Å². The molecular weight excluding hydrogens is 644 g/mol. The number of unbranched alkanes of at least 4 members (excludes halogenated alkanes) is 24. The van der Waals surface area contributed by atoms with Crippen LogP contribution in [0, 0.1) is 0 Å². The Labute approximate surface area is 292 Å². The van der Waals surface area contributed by atoms with Gasteiger partial charge in [0.25, 0.3) is 0 Å². The molecule has 0 amide bonds. The highest BCUT2D eigenvalue weighted by atomic mass is 79.9. The first kappa shape index (κ1) is 44.9. The minimum Gasteiger partial charge on any atom is -0.462 e. The zero-order chi connectivity index (χ0) is 33.8. The maximum absolute atomic E-state index is 12.3. The molecule has 0 aliphatic heterocycles. The van der Waals surface area contributed by atoms with Crippen LogP contribution < -0.4 is 0 Å². The molecule has 0 radical (unpaired) electrons. The lowest BCUT2D eigenvalue weighted by atomic mass is 10.0. The van der Waals surface area contributed by atoms with Crippen molar-refractivity contribution >= 4 is 33.8 Å². The summed E-state index contributed by atoms with van der Waals surface area (Å²) >= 11 is 3.32. The van der Waals surface area contributed by atoms with Gasteiger partial charge in [0.2, 0.25) is 0 Å². The second-order valence-corrected chi connectivity index (χ2v) is 14.0. The molecule has 0 bridgehead atoms. The normalized spacial score (nSPS) is 11.2. The third kappa shape index (κ3) is 34.2. The van der Waals surface area contributed by atoms with Gasteiger partial charge in [-0.2, -0.15) is 0 Å². The van der Waals surface area contributed by atoms with E-state index in [-0.39, 0.29) is 37.5 Å². The summed E-state index contributed by atoms with van der Waals surface area (Å²) in [5.41, 5.74) is 0. The van der Waals surface area contributed by atoms with Crippen LogP contribution in [0.1, 0.15) is 206 Å². The Hall–Kier alpha value is -1.11. The van der Waals surface area contributed by atoms with Gasteiger partial charge in [-0.25, -0.2) is 0 Å². The van der Waals surface area contributed by atoms with Crippen LogP contribution in [0.5, 0.6) is 0 Å². The van der Waals surface area contributed by atoms with Gasteiger partial charge in [-0.15, -0.1) is 0 Å². The number of carbonyl (C=O) groups is 3. The standard InChI is InChI=1S/C39H73BrO6/c1-3-5-7-9-11-13-15-17-19-21-23-25-27-30-37(41)44-34-36(46-39(43)32-29-33-40)35-45-38(42)31-28-26-24-22-20-18-16-14-12-10-8-6-4-2/h36H,3-35H2,1-2H3. The van der Waals surface area contributed by atoms with E-state index in [9.17, 15) is 14.4 Å². The number of halogens is 1. The molecule has 0 spiro atoms. The largest absolute Gasteiger partial charge is 0.462 e. The number of rotatable bonds is 36. The van der Waals surface area contributed by atoms with E-state index in [1.807, 2.05) is 0 Å². The summed E-state index contributed by atoms with van der Waals surface area (Å²) in [5, 5.41) is 0.703. The molecule has 0 aromatic carbocycles. The van der Waals surface area contributed by atoms with Crippen molar-refractivity contribution in [3.05, 3.63) is 0 Å². The predicted octanol–water partition coefficient (Wildman–Crippen LogP) is 12.1. The molecule has 0 atom stereocenters. The molecule has 0 heterocycles. The summed E-state index contributed by atoms with van der Waals surface area (Å²) in [5.74, 6) is -0.949. The van der Waals surface area contributed by atoms with E-state index < -0.39 is 6.10 Å². The first-order chi connectivity index (χ1) is 22.5. The maximum Gasteiger partial charge on any atom is 0.306 e. The quantitative estimate of drug-likeness (QED) is 0.0278. The van der Waals surface area contributed by atoms with Gasteiger partial charge in [-0.3, -0.25) is 14.4 Å². The van der Waals surface area contributed by atoms with Crippen molar-refractivity contribution in [1.29, 1.82) is 0 Å². The minimum absolute atomic E-state index is 0.0800. The molecule has 6 nitrogen and oxygen atoms in total. The minimum atomic E-state index is -0.769. The molecule has 0 rings (SSSR count). The average Bonchev–Trinajstić information content (AvgIpc) is 3.05. The van der Waals surface area contributed by atoms with Gasteiger partial charge >= 0.3 is 17.9 Å². The van der Waals surface area contributed by atoms with Gasteiger partial charge < -0.3 is 14.2 Å². The zero-order valence-electron chi connectivity index (χ0n) is 30.2. The number of esters is 3. The van der Waals surface area contributed by atoms with E-state index in [1.54, 1.807) is 0 Å². The van der Waals surface area contributed by atoms with Crippen LogP contribution in [-0.4, -0.2) is 42.6 Å². The van der Waals surface area contributed by atoms with Crippen LogP contribution in [-0.2, 0) is 28.6 Å². The summed E-state index contributed by atoms with van der Waals surface area (Å²) in [6.45, 7) is 4.36. The molecule has 0 unspecified atom stereocenters. The smallest absolute Gasteiger partial charge is 0.306 e. The predicted molar refractivity (Wildman–Crippen MR) is 195 cm³/mol. The highest BCUT2D eigenvalue weighted by molar-refractivity contribution is 9.09.